The summed E-state index contributed by atoms with van der Waals surface area (Å²) in [7, 11) is -3.76. The van der Waals surface area contributed by atoms with Crippen LogP contribution in [0.2, 0.25) is 0 Å². The minimum Gasteiger partial charge on any atom is -0.506 e. The van der Waals surface area contributed by atoms with Gasteiger partial charge in [0.05, 0.1) is 10.6 Å². The van der Waals surface area contributed by atoms with Crippen molar-refractivity contribution in [2.75, 3.05) is 11.9 Å². The van der Waals surface area contributed by atoms with Gasteiger partial charge in [0.15, 0.2) is 0 Å². The number of carbonyl (C=O) groups excluding carboxylic acids is 1. The molecule has 0 aromatic heterocycles. The zero-order valence-corrected chi connectivity index (χ0v) is 15.4. The van der Waals surface area contributed by atoms with Crippen LogP contribution in [-0.2, 0) is 14.8 Å². The van der Waals surface area contributed by atoms with E-state index in [-0.39, 0.29) is 16.3 Å². The van der Waals surface area contributed by atoms with Crippen LogP contribution in [0.25, 0.3) is 0 Å². The van der Waals surface area contributed by atoms with Crippen LogP contribution < -0.4 is 5.32 Å². The Morgan fingerprint density at radius 2 is 1.88 bits per heavy atom. The van der Waals surface area contributed by atoms with Crippen LogP contribution in [0.4, 0.5) is 5.69 Å². The van der Waals surface area contributed by atoms with E-state index in [1.54, 1.807) is 30.3 Å². The van der Waals surface area contributed by atoms with E-state index in [1.165, 1.54) is 22.5 Å². The van der Waals surface area contributed by atoms with Crippen LogP contribution in [0.3, 0.4) is 0 Å². The molecule has 6 nitrogen and oxygen atoms in total. The molecule has 0 bridgehead atoms. The highest BCUT2D eigenvalue weighted by atomic mass is 32.2. The van der Waals surface area contributed by atoms with Gasteiger partial charge in [0.2, 0.25) is 15.9 Å². The summed E-state index contributed by atoms with van der Waals surface area (Å²) in [5.41, 5.74) is 1.17. The molecule has 1 aliphatic rings. The van der Waals surface area contributed by atoms with Gasteiger partial charge in [-0.1, -0.05) is 30.7 Å². The van der Waals surface area contributed by atoms with Crippen LogP contribution in [-0.4, -0.2) is 36.3 Å². The molecular weight excluding hydrogens is 352 g/mol. The number of sulfonamides is 1. The number of piperidine rings is 1. The van der Waals surface area contributed by atoms with Crippen molar-refractivity contribution in [1.82, 2.24) is 4.31 Å². The first-order valence-corrected chi connectivity index (χ1v) is 10.0. The lowest BCUT2D eigenvalue weighted by molar-refractivity contribution is -0.120. The number of rotatable bonds is 4. The zero-order chi connectivity index (χ0) is 18.7. The summed E-state index contributed by atoms with van der Waals surface area (Å²) in [6.07, 6.45) is 1.94. The minimum absolute atomic E-state index is 0.0442. The van der Waals surface area contributed by atoms with E-state index in [2.05, 4.69) is 5.32 Å². The minimum atomic E-state index is -3.76. The number of aromatic hydroxyl groups is 1. The molecule has 2 N–H and O–H groups in total. The molecule has 1 amide bonds. The Morgan fingerprint density at radius 1 is 1.15 bits per heavy atom. The summed E-state index contributed by atoms with van der Waals surface area (Å²) in [5, 5.41) is 12.6. The number of benzene rings is 2. The third kappa shape index (κ3) is 3.73. The molecule has 1 atom stereocenters. The van der Waals surface area contributed by atoms with E-state index in [0.29, 0.717) is 19.4 Å². The average molecular weight is 374 g/mol. The number of hydrogen-bond acceptors (Lipinski definition) is 4. The zero-order valence-electron chi connectivity index (χ0n) is 14.6. The van der Waals surface area contributed by atoms with Crippen molar-refractivity contribution >= 4 is 21.6 Å². The topological polar surface area (TPSA) is 86.7 Å². The molecule has 1 saturated heterocycles. The SMILES string of the molecule is Cc1ccc(O)c(NC(=O)C2CCCCN2S(=O)(=O)c2ccccc2)c1. The summed E-state index contributed by atoms with van der Waals surface area (Å²) >= 11 is 0. The van der Waals surface area contributed by atoms with Gasteiger partial charge in [-0.3, -0.25) is 4.79 Å². The van der Waals surface area contributed by atoms with Gasteiger partial charge < -0.3 is 10.4 Å². The number of anilines is 1. The highest BCUT2D eigenvalue weighted by Crippen LogP contribution is 2.28. The summed E-state index contributed by atoms with van der Waals surface area (Å²) in [4.78, 5) is 13.0. The lowest BCUT2D eigenvalue weighted by Crippen LogP contribution is -2.49. The number of hydrogen-bond donors (Lipinski definition) is 2. The quantitative estimate of drug-likeness (QED) is 0.806. The van der Waals surface area contributed by atoms with E-state index in [9.17, 15) is 18.3 Å². The fourth-order valence-corrected chi connectivity index (χ4v) is 4.83. The van der Waals surface area contributed by atoms with Crippen LogP contribution in [0.15, 0.2) is 53.4 Å². The fourth-order valence-electron chi connectivity index (χ4n) is 3.15. The monoisotopic (exact) mass is 374 g/mol. The Balaban J connectivity index is 1.87. The highest BCUT2D eigenvalue weighted by Gasteiger charge is 2.37. The maximum atomic E-state index is 13.0. The molecule has 2 aromatic rings. The number of carbonyl (C=O) groups is 1. The predicted molar refractivity (Wildman–Crippen MR) is 99.4 cm³/mol. The van der Waals surface area contributed by atoms with E-state index < -0.39 is 22.0 Å². The van der Waals surface area contributed by atoms with Gasteiger partial charge in [-0.05, 0) is 49.6 Å². The Hall–Kier alpha value is -2.38. The van der Waals surface area contributed by atoms with E-state index in [4.69, 9.17) is 0 Å². The van der Waals surface area contributed by atoms with E-state index in [0.717, 1.165) is 12.0 Å². The van der Waals surface area contributed by atoms with Crippen molar-refractivity contribution < 1.29 is 18.3 Å². The lowest BCUT2D eigenvalue weighted by Gasteiger charge is -2.33. The fraction of sp³-hybridized carbons (Fsp3) is 0.316. The van der Waals surface area contributed by atoms with Crippen molar-refractivity contribution in [3.63, 3.8) is 0 Å². The van der Waals surface area contributed by atoms with E-state index >= 15 is 0 Å². The van der Waals surface area contributed by atoms with Gasteiger partial charge >= 0.3 is 0 Å². The molecule has 138 valence electrons. The molecule has 26 heavy (non-hydrogen) atoms. The molecule has 3 rings (SSSR count). The summed E-state index contributed by atoms with van der Waals surface area (Å²) in [5.74, 6) is -0.470. The first-order chi connectivity index (χ1) is 12.4. The number of aryl methyl sites for hydroxylation is 1. The summed E-state index contributed by atoms with van der Waals surface area (Å²) in [6, 6.07) is 12.2. The Kier molecular flexibility index (Phi) is 5.29. The van der Waals surface area contributed by atoms with E-state index in [1.807, 2.05) is 6.92 Å². The van der Waals surface area contributed by atoms with Crippen LogP contribution in [0.5, 0.6) is 5.75 Å². The van der Waals surface area contributed by atoms with Crippen LogP contribution in [0, 0.1) is 6.92 Å². The largest absolute Gasteiger partial charge is 0.506 e. The highest BCUT2D eigenvalue weighted by molar-refractivity contribution is 7.89. The molecule has 7 heteroatoms. The third-order valence-corrected chi connectivity index (χ3v) is 6.44. The first kappa shape index (κ1) is 18.4. The molecule has 0 saturated carbocycles. The molecule has 0 aliphatic carbocycles. The molecular formula is C19H22N2O4S. The second-order valence-electron chi connectivity index (χ2n) is 6.45. The molecule has 2 aromatic carbocycles. The van der Waals surface area contributed by atoms with Crippen LogP contribution in [0.1, 0.15) is 24.8 Å². The van der Waals surface area contributed by atoms with Crippen LogP contribution >= 0.6 is 0 Å². The maximum Gasteiger partial charge on any atom is 0.243 e. The van der Waals surface area contributed by atoms with Gasteiger partial charge in [-0.2, -0.15) is 4.31 Å². The molecule has 1 fully saturated rings. The number of nitrogens with one attached hydrogen (secondary N) is 1. The number of phenols is 1. The summed E-state index contributed by atoms with van der Waals surface area (Å²) < 4.78 is 27.2. The second-order valence-corrected chi connectivity index (χ2v) is 8.34. The first-order valence-electron chi connectivity index (χ1n) is 8.57. The van der Waals surface area contributed by atoms with Gasteiger partial charge in [0.1, 0.15) is 11.8 Å². The number of phenolic OH excluding ortho intramolecular Hbond substituents is 1. The maximum absolute atomic E-state index is 13.0. The Labute approximate surface area is 153 Å². The smallest absolute Gasteiger partial charge is 0.243 e. The summed E-state index contributed by atoms with van der Waals surface area (Å²) in [6.45, 7) is 2.15. The number of amides is 1. The molecule has 1 unspecified atom stereocenters. The van der Waals surface area contributed by atoms with Crippen molar-refractivity contribution in [1.29, 1.82) is 0 Å². The standard InChI is InChI=1S/C19H22N2O4S/c1-14-10-11-18(22)16(13-14)20-19(23)17-9-5-6-12-21(17)26(24,25)15-7-3-2-4-8-15/h2-4,7-8,10-11,13,17,22H,5-6,9,12H2,1H3,(H,20,23). The lowest BCUT2D eigenvalue weighted by atomic mass is 10.0. The van der Waals surface area contributed by atoms with Crippen molar-refractivity contribution in [2.24, 2.45) is 0 Å². The Bertz CT molecular complexity index is 897. The normalized spacial score (nSPS) is 18.4. The predicted octanol–water partition coefficient (Wildman–Crippen LogP) is 2.88. The number of nitrogens with zero attached hydrogens (tertiary/aromatic N) is 1. The third-order valence-electron chi connectivity index (χ3n) is 4.52. The average Bonchev–Trinajstić information content (AvgIpc) is 2.65. The van der Waals surface area contributed by atoms with Gasteiger partial charge in [-0.15, -0.1) is 0 Å². The van der Waals surface area contributed by atoms with Crippen molar-refractivity contribution in [3.05, 3.63) is 54.1 Å². The van der Waals surface area contributed by atoms with Gasteiger partial charge in [0, 0.05) is 6.54 Å². The molecule has 1 heterocycles. The molecule has 0 radical (unpaired) electrons. The molecule has 0 spiro atoms. The van der Waals surface area contributed by atoms with Gasteiger partial charge in [-0.25, -0.2) is 8.42 Å². The van der Waals surface area contributed by atoms with Crippen molar-refractivity contribution in [2.45, 2.75) is 37.1 Å². The van der Waals surface area contributed by atoms with Crippen molar-refractivity contribution in [3.8, 4) is 5.75 Å². The second kappa shape index (κ2) is 7.47. The van der Waals surface area contributed by atoms with Gasteiger partial charge in [0.25, 0.3) is 0 Å². The molecule has 1 aliphatic heterocycles. The Morgan fingerprint density at radius 3 is 2.62 bits per heavy atom.